The molecule has 0 saturated heterocycles. The molecular formula is C10H12ClFO. The fraction of sp³-hybridized carbons (Fsp3) is 0.400. The standard InChI is InChI=1S/C10H12ClFO/c1-10(2,3)13-8-6-4-5-7(12)9(8)11/h4-6H,1-3H3. The number of rotatable bonds is 1. The van der Waals surface area contributed by atoms with E-state index in [1.54, 1.807) is 12.1 Å². The molecule has 13 heavy (non-hydrogen) atoms. The number of hydrogen-bond acceptors (Lipinski definition) is 1. The summed E-state index contributed by atoms with van der Waals surface area (Å²) in [5.74, 6) is -0.0717. The maximum absolute atomic E-state index is 12.9. The van der Waals surface area contributed by atoms with Gasteiger partial charge < -0.3 is 4.74 Å². The van der Waals surface area contributed by atoms with Crippen molar-refractivity contribution in [2.45, 2.75) is 26.4 Å². The summed E-state index contributed by atoms with van der Waals surface area (Å²) in [6, 6.07) is 4.52. The van der Waals surface area contributed by atoms with Crippen molar-refractivity contribution in [1.82, 2.24) is 0 Å². The molecule has 0 unspecified atom stereocenters. The molecule has 72 valence electrons. The zero-order chi connectivity index (χ0) is 10.1. The minimum absolute atomic E-state index is 0.0393. The molecule has 1 rings (SSSR count). The first kappa shape index (κ1) is 10.3. The zero-order valence-corrected chi connectivity index (χ0v) is 8.65. The Morgan fingerprint density at radius 3 is 2.46 bits per heavy atom. The lowest BCUT2D eigenvalue weighted by Gasteiger charge is -2.21. The van der Waals surface area contributed by atoms with Crippen LogP contribution in [0.3, 0.4) is 0 Å². The minimum atomic E-state index is -0.455. The SMILES string of the molecule is CC(C)(C)Oc1cccc(F)c1Cl. The minimum Gasteiger partial charge on any atom is -0.486 e. The van der Waals surface area contributed by atoms with Gasteiger partial charge in [0.25, 0.3) is 0 Å². The van der Waals surface area contributed by atoms with E-state index in [0.29, 0.717) is 5.75 Å². The highest BCUT2D eigenvalue weighted by Gasteiger charge is 2.15. The molecule has 0 aliphatic carbocycles. The van der Waals surface area contributed by atoms with E-state index >= 15 is 0 Å². The molecule has 0 spiro atoms. The highest BCUT2D eigenvalue weighted by Crippen LogP contribution is 2.29. The summed E-state index contributed by atoms with van der Waals surface area (Å²) in [4.78, 5) is 0. The average Bonchev–Trinajstić information content (AvgIpc) is 1.96. The fourth-order valence-electron chi connectivity index (χ4n) is 0.893. The molecule has 0 amide bonds. The van der Waals surface area contributed by atoms with Gasteiger partial charge in [-0.2, -0.15) is 0 Å². The van der Waals surface area contributed by atoms with E-state index < -0.39 is 5.82 Å². The molecule has 0 atom stereocenters. The summed E-state index contributed by atoms with van der Waals surface area (Å²) in [5, 5.41) is 0.0393. The molecule has 1 nitrogen and oxygen atoms in total. The van der Waals surface area contributed by atoms with Gasteiger partial charge in [0.1, 0.15) is 22.2 Å². The Labute approximate surface area is 82.5 Å². The normalized spacial score (nSPS) is 11.5. The van der Waals surface area contributed by atoms with Crippen LogP contribution in [-0.4, -0.2) is 5.60 Å². The summed E-state index contributed by atoms with van der Waals surface area (Å²) < 4.78 is 18.4. The van der Waals surface area contributed by atoms with Gasteiger partial charge in [0.05, 0.1) is 0 Å². The second kappa shape index (κ2) is 3.54. The number of benzene rings is 1. The first-order valence-electron chi connectivity index (χ1n) is 4.03. The van der Waals surface area contributed by atoms with Gasteiger partial charge in [-0.3, -0.25) is 0 Å². The largest absolute Gasteiger partial charge is 0.486 e. The summed E-state index contributed by atoms with van der Waals surface area (Å²) in [7, 11) is 0. The van der Waals surface area contributed by atoms with Gasteiger partial charge in [-0.05, 0) is 32.9 Å². The summed E-state index contributed by atoms with van der Waals surface area (Å²) in [6.07, 6.45) is 0. The Balaban J connectivity index is 2.96. The van der Waals surface area contributed by atoms with Crippen molar-refractivity contribution in [2.24, 2.45) is 0 Å². The predicted molar refractivity (Wildman–Crippen MR) is 51.8 cm³/mol. The Morgan fingerprint density at radius 1 is 1.31 bits per heavy atom. The molecule has 0 radical (unpaired) electrons. The smallest absolute Gasteiger partial charge is 0.145 e. The molecule has 0 aliphatic heterocycles. The van der Waals surface area contributed by atoms with Crippen molar-refractivity contribution >= 4 is 11.6 Å². The molecule has 0 fully saturated rings. The van der Waals surface area contributed by atoms with Crippen molar-refractivity contribution in [3.05, 3.63) is 29.0 Å². The first-order chi connectivity index (χ1) is 5.90. The number of hydrogen-bond donors (Lipinski definition) is 0. The van der Waals surface area contributed by atoms with Gasteiger partial charge in [-0.25, -0.2) is 4.39 Å². The maximum atomic E-state index is 12.9. The molecule has 0 N–H and O–H groups in total. The number of ether oxygens (including phenoxy) is 1. The van der Waals surface area contributed by atoms with Gasteiger partial charge in [0, 0.05) is 0 Å². The third-order valence-electron chi connectivity index (χ3n) is 1.33. The summed E-state index contributed by atoms with van der Waals surface area (Å²) >= 11 is 5.70. The summed E-state index contributed by atoms with van der Waals surface area (Å²) in [6.45, 7) is 5.65. The van der Waals surface area contributed by atoms with Gasteiger partial charge in [-0.15, -0.1) is 0 Å². The third kappa shape index (κ3) is 2.88. The van der Waals surface area contributed by atoms with E-state index in [9.17, 15) is 4.39 Å². The fourth-order valence-corrected chi connectivity index (χ4v) is 1.06. The van der Waals surface area contributed by atoms with E-state index in [0.717, 1.165) is 0 Å². The molecule has 0 aromatic heterocycles. The third-order valence-corrected chi connectivity index (χ3v) is 1.70. The molecular weight excluding hydrogens is 191 g/mol. The van der Waals surface area contributed by atoms with Crippen LogP contribution < -0.4 is 4.74 Å². The Kier molecular flexibility index (Phi) is 2.81. The number of halogens is 2. The summed E-state index contributed by atoms with van der Waals surface area (Å²) in [5.41, 5.74) is -0.364. The van der Waals surface area contributed by atoms with Gasteiger partial charge in [0.2, 0.25) is 0 Å². The quantitative estimate of drug-likeness (QED) is 0.676. The van der Waals surface area contributed by atoms with Crippen molar-refractivity contribution in [3.8, 4) is 5.75 Å². The highest BCUT2D eigenvalue weighted by atomic mass is 35.5. The Morgan fingerprint density at radius 2 is 1.92 bits per heavy atom. The van der Waals surface area contributed by atoms with Crippen LogP contribution in [0.5, 0.6) is 5.75 Å². The van der Waals surface area contributed by atoms with Crippen LogP contribution in [0.25, 0.3) is 0 Å². The molecule has 0 aliphatic rings. The van der Waals surface area contributed by atoms with Crippen LogP contribution in [0.4, 0.5) is 4.39 Å². The van der Waals surface area contributed by atoms with Crippen molar-refractivity contribution < 1.29 is 9.13 Å². The lowest BCUT2D eigenvalue weighted by molar-refractivity contribution is 0.130. The van der Waals surface area contributed by atoms with Crippen LogP contribution >= 0.6 is 11.6 Å². The molecule has 1 aromatic rings. The van der Waals surface area contributed by atoms with Gasteiger partial charge in [-0.1, -0.05) is 17.7 Å². The Hall–Kier alpha value is -0.760. The topological polar surface area (TPSA) is 9.23 Å². The Bertz CT molecular complexity index is 304. The van der Waals surface area contributed by atoms with E-state index in [4.69, 9.17) is 16.3 Å². The van der Waals surface area contributed by atoms with Crippen molar-refractivity contribution in [2.75, 3.05) is 0 Å². The van der Waals surface area contributed by atoms with E-state index in [2.05, 4.69) is 0 Å². The zero-order valence-electron chi connectivity index (χ0n) is 7.90. The van der Waals surface area contributed by atoms with Crippen LogP contribution in [0.15, 0.2) is 18.2 Å². The van der Waals surface area contributed by atoms with Gasteiger partial charge in [0.15, 0.2) is 0 Å². The monoisotopic (exact) mass is 202 g/mol. The average molecular weight is 203 g/mol. The molecule has 1 aromatic carbocycles. The molecule has 3 heteroatoms. The first-order valence-corrected chi connectivity index (χ1v) is 4.41. The highest BCUT2D eigenvalue weighted by molar-refractivity contribution is 6.32. The van der Waals surface area contributed by atoms with Crippen LogP contribution in [-0.2, 0) is 0 Å². The maximum Gasteiger partial charge on any atom is 0.145 e. The van der Waals surface area contributed by atoms with E-state index in [1.165, 1.54) is 6.07 Å². The second-order valence-electron chi connectivity index (χ2n) is 3.77. The van der Waals surface area contributed by atoms with E-state index in [-0.39, 0.29) is 10.6 Å². The lowest BCUT2D eigenvalue weighted by atomic mass is 10.2. The van der Waals surface area contributed by atoms with E-state index in [1.807, 2.05) is 20.8 Å². The van der Waals surface area contributed by atoms with Crippen LogP contribution in [0, 0.1) is 5.82 Å². The molecule has 0 heterocycles. The second-order valence-corrected chi connectivity index (χ2v) is 4.14. The lowest BCUT2D eigenvalue weighted by Crippen LogP contribution is -2.23. The van der Waals surface area contributed by atoms with Crippen molar-refractivity contribution in [3.63, 3.8) is 0 Å². The van der Waals surface area contributed by atoms with Crippen LogP contribution in [0.1, 0.15) is 20.8 Å². The van der Waals surface area contributed by atoms with Crippen LogP contribution in [0.2, 0.25) is 5.02 Å². The molecule has 0 bridgehead atoms. The van der Waals surface area contributed by atoms with Crippen molar-refractivity contribution in [1.29, 1.82) is 0 Å². The molecule has 0 saturated carbocycles. The predicted octanol–water partition coefficient (Wildman–Crippen LogP) is 3.66. The van der Waals surface area contributed by atoms with Gasteiger partial charge >= 0.3 is 0 Å².